The Labute approximate surface area is 180 Å². The lowest BCUT2D eigenvalue weighted by Gasteiger charge is -2.31. The number of guanidine groups is 1. The minimum atomic E-state index is -0.332. The van der Waals surface area contributed by atoms with Gasteiger partial charge in [-0.15, -0.1) is 0 Å². The van der Waals surface area contributed by atoms with Crippen LogP contribution < -0.4 is 21.9 Å². The molecule has 31 heavy (non-hydrogen) atoms. The highest BCUT2D eigenvalue weighted by atomic mass is 16.7. The summed E-state index contributed by atoms with van der Waals surface area (Å²) in [5.41, 5.74) is 8.03. The van der Waals surface area contributed by atoms with E-state index in [1.165, 1.54) is 20.8 Å². The van der Waals surface area contributed by atoms with Gasteiger partial charge in [-0.05, 0) is 32.3 Å². The van der Waals surface area contributed by atoms with Gasteiger partial charge in [-0.2, -0.15) is 0 Å². The van der Waals surface area contributed by atoms with Crippen LogP contribution in [0, 0.1) is 19.3 Å². The van der Waals surface area contributed by atoms with E-state index in [2.05, 4.69) is 39.9 Å². The second-order valence-electron chi connectivity index (χ2n) is 7.64. The van der Waals surface area contributed by atoms with Gasteiger partial charge in [0.15, 0.2) is 5.82 Å². The number of hydrogen-bond acceptors (Lipinski definition) is 6. The number of nitrogens with zero attached hydrogens (tertiary/aromatic N) is 3. The van der Waals surface area contributed by atoms with Gasteiger partial charge in [-0.25, -0.2) is 10.0 Å². The van der Waals surface area contributed by atoms with Crippen LogP contribution in [0.15, 0.2) is 35.3 Å². The van der Waals surface area contributed by atoms with Crippen molar-refractivity contribution in [3.8, 4) is 0 Å². The van der Waals surface area contributed by atoms with Gasteiger partial charge in [-0.3, -0.25) is 24.4 Å². The summed E-state index contributed by atoms with van der Waals surface area (Å²) >= 11 is 0. The minimum Gasteiger partial charge on any atom is -0.368 e. The lowest BCUT2D eigenvalue weighted by Crippen LogP contribution is -2.50. The molecule has 166 valence electrons. The van der Waals surface area contributed by atoms with Gasteiger partial charge >= 0.3 is 0 Å². The van der Waals surface area contributed by atoms with Crippen molar-refractivity contribution in [1.82, 2.24) is 19.9 Å². The minimum absolute atomic E-state index is 0.104. The average Bonchev–Trinajstić information content (AvgIpc) is 2.74. The number of rotatable bonds is 7. The quantitative estimate of drug-likeness (QED) is 0.373. The van der Waals surface area contributed by atoms with Crippen LogP contribution >= 0.6 is 0 Å². The van der Waals surface area contributed by atoms with Crippen molar-refractivity contribution in [2.24, 2.45) is 5.73 Å². The van der Waals surface area contributed by atoms with E-state index < -0.39 is 0 Å². The van der Waals surface area contributed by atoms with Gasteiger partial charge in [0.1, 0.15) is 6.54 Å². The maximum atomic E-state index is 12.8. The Morgan fingerprint density at radius 3 is 2.71 bits per heavy atom. The predicted octanol–water partition coefficient (Wildman–Crippen LogP) is 0.530. The van der Waals surface area contributed by atoms with E-state index in [1.54, 1.807) is 13.1 Å². The van der Waals surface area contributed by atoms with E-state index >= 15 is 0 Å². The second-order valence-corrected chi connectivity index (χ2v) is 7.64. The molecule has 0 aliphatic carbocycles. The normalized spacial score (nSPS) is 16.1. The van der Waals surface area contributed by atoms with Crippen LogP contribution in [0.5, 0.6) is 0 Å². The summed E-state index contributed by atoms with van der Waals surface area (Å²) in [5, 5.41) is 14.6. The Bertz CT molecular complexity index is 979. The highest BCUT2D eigenvalue weighted by Gasteiger charge is 2.23. The fourth-order valence-electron chi connectivity index (χ4n) is 3.29. The third-order valence-corrected chi connectivity index (χ3v) is 5.13. The van der Waals surface area contributed by atoms with Gasteiger partial charge in [-0.1, -0.05) is 29.8 Å². The first-order chi connectivity index (χ1) is 14.8. The third-order valence-electron chi connectivity index (χ3n) is 5.13. The number of aryl methyl sites for hydroxylation is 2. The van der Waals surface area contributed by atoms with Crippen LogP contribution in [0.1, 0.15) is 23.2 Å². The molecule has 3 rings (SSSR count). The Kier molecular flexibility index (Phi) is 7.24. The topological polar surface area (TPSA) is 138 Å². The van der Waals surface area contributed by atoms with Crippen LogP contribution in [0.4, 0.5) is 5.82 Å². The highest BCUT2D eigenvalue weighted by molar-refractivity contribution is 5.76. The van der Waals surface area contributed by atoms with E-state index in [1.807, 2.05) is 6.92 Å². The van der Waals surface area contributed by atoms with Gasteiger partial charge in [0.25, 0.3) is 5.56 Å². The SMILES string of the molecule is Cc1ccc(CCNc2ncc(C)n(CC(=O)NC3CCN(C(=N)N)OC3)c2=O)cc1. The van der Waals surface area contributed by atoms with E-state index in [0.29, 0.717) is 25.2 Å². The fourth-order valence-corrected chi connectivity index (χ4v) is 3.29. The summed E-state index contributed by atoms with van der Waals surface area (Å²) in [4.78, 5) is 34.8. The molecule has 1 aliphatic heterocycles. The zero-order valence-electron chi connectivity index (χ0n) is 17.9. The van der Waals surface area contributed by atoms with Gasteiger partial charge in [0.05, 0.1) is 19.2 Å². The molecule has 2 aromatic rings. The first-order valence-corrected chi connectivity index (χ1v) is 10.2. The van der Waals surface area contributed by atoms with Crippen LogP contribution in [-0.2, 0) is 22.6 Å². The fraction of sp³-hybridized carbons (Fsp3) is 0.429. The third kappa shape index (κ3) is 6.05. The van der Waals surface area contributed by atoms with Crippen molar-refractivity contribution in [3.05, 3.63) is 57.6 Å². The Hall–Kier alpha value is -3.40. The second kappa shape index (κ2) is 10.1. The molecule has 10 heteroatoms. The molecule has 5 N–H and O–H groups in total. The zero-order chi connectivity index (χ0) is 22.4. The Balaban J connectivity index is 1.56. The molecule has 0 saturated carbocycles. The molecule has 1 saturated heterocycles. The molecule has 0 spiro atoms. The maximum Gasteiger partial charge on any atom is 0.293 e. The van der Waals surface area contributed by atoms with E-state index in [9.17, 15) is 9.59 Å². The highest BCUT2D eigenvalue weighted by Crippen LogP contribution is 2.07. The molecular weight excluding hydrogens is 398 g/mol. The van der Waals surface area contributed by atoms with E-state index in [-0.39, 0.29) is 42.4 Å². The van der Waals surface area contributed by atoms with Crippen molar-refractivity contribution in [3.63, 3.8) is 0 Å². The largest absolute Gasteiger partial charge is 0.368 e. The summed E-state index contributed by atoms with van der Waals surface area (Å²) in [6.45, 7) is 4.88. The van der Waals surface area contributed by atoms with Crippen LogP contribution in [0.25, 0.3) is 0 Å². The number of nitrogens with one attached hydrogen (secondary N) is 3. The summed E-state index contributed by atoms with van der Waals surface area (Å²) in [6.07, 6.45) is 2.94. The summed E-state index contributed by atoms with van der Waals surface area (Å²) in [6, 6.07) is 8.03. The molecule has 1 aromatic heterocycles. The molecule has 1 atom stereocenters. The monoisotopic (exact) mass is 427 g/mol. The molecule has 2 heterocycles. The van der Waals surface area contributed by atoms with Gasteiger partial charge in [0, 0.05) is 18.4 Å². The van der Waals surface area contributed by atoms with Crippen molar-refractivity contribution in [2.75, 3.05) is 25.0 Å². The summed E-state index contributed by atoms with van der Waals surface area (Å²) < 4.78 is 1.40. The number of hydroxylamine groups is 2. The van der Waals surface area contributed by atoms with Crippen LogP contribution in [-0.4, -0.2) is 52.2 Å². The molecule has 1 amide bonds. The van der Waals surface area contributed by atoms with Crippen LogP contribution in [0.2, 0.25) is 0 Å². The summed E-state index contributed by atoms with van der Waals surface area (Å²) in [5.74, 6) is -0.221. The summed E-state index contributed by atoms with van der Waals surface area (Å²) in [7, 11) is 0. The Morgan fingerprint density at radius 2 is 2.06 bits per heavy atom. The molecule has 10 nitrogen and oxygen atoms in total. The Morgan fingerprint density at radius 1 is 1.32 bits per heavy atom. The molecule has 0 bridgehead atoms. The molecule has 1 fully saturated rings. The predicted molar refractivity (Wildman–Crippen MR) is 118 cm³/mol. The van der Waals surface area contributed by atoms with E-state index in [4.69, 9.17) is 16.0 Å². The average molecular weight is 428 g/mol. The number of nitrogens with two attached hydrogens (primary N) is 1. The van der Waals surface area contributed by atoms with Gasteiger partial charge < -0.3 is 16.4 Å². The van der Waals surface area contributed by atoms with Gasteiger partial charge in [0.2, 0.25) is 11.9 Å². The number of aromatic nitrogens is 2. The molecular formula is C21H29N7O3. The molecule has 1 aromatic carbocycles. The first-order valence-electron chi connectivity index (χ1n) is 10.2. The molecule has 1 aliphatic rings. The number of hydrogen-bond donors (Lipinski definition) is 4. The maximum absolute atomic E-state index is 12.8. The standard InChI is InChI=1S/C21H29N7O3/c1-14-3-5-16(6-4-14)7-9-24-19-20(30)27(15(2)11-25-19)12-18(29)26-17-8-10-28(21(22)23)31-13-17/h3-6,11,17H,7-10,12-13H2,1-2H3,(H3,22,23)(H,24,25)(H,26,29). The van der Waals surface area contributed by atoms with Crippen molar-refractivity contribution in [1.29, 1.82) is 5.41 Å². The lowest BCUT2D eigenvalue weighted by molar-refractivity contribution is -0.143. The number of amides is 1. The smallest absolute Gasteiger partial charge is 0.293 e. The van der Waals surface area contributed by atoms with Crippen molar-refractivity contribution >= 4 is 17.7 Å². The molecule has 0 radical (unpaired) electrons. The number of anilines is 1. The number of benzene rings is 1. The van der Waals surface area contributed by atoms with E-state index in [0.717, 1.165) is 6.42 Å². The lowest BCUT2D eigenvalue weighted by atomic mass is 10.1. The van der Waals surface area contributed by atoms with Crippen molar-refractivity contribution in [2.45, 2.75) is 39.3 Å². The molecule has 1 unspecified atom stereocenters. The first kappa shape index (κ1) is 22.3. The van der Waals surface area contributed by atoms with Crippen LogP contribution in [0.3, 0.4) is 0 Å². The number of carbonyl (C=O) groups excluding carboxylic acids is 1. The van der Waals surface area contributed by atoms with Crippen molar-refractivity contribution < 1.29 is 9.63 Å². The zero-order valence-corrected chi connectivity index (χ0v) is 17.9. The number of carbonyl (C=O) groups is 1.